The van der Waals surface area contributed by atoms with E-state index < -0.39 is 0 Å². The molecule has 1 aliphatic rings. The molecule has 116 valence electrons. The standard InChI is InChI=1S/C17H16BrClO3/c18-12-4-8-14(9-5-12)20-16-2-1-3-17(22-16)21-15-10-6-13(19)7-11-15/h4-11,16-17H,1-3H2. The molecule has 0 amide bonds. The van der Waals surface area contributed by atoms with Crippen LogP contribution in [0.5, 0.6) is 11.5 Å². The van der Waals surface area contributed by atoms with Gasteiger partial charge in [0, 0.05) is 22.3 Å². The monoisotopic (exact) mass is 382 g/mol. The Labute approximate surface area is 143 Å². The van der Waals surface area contributed by atoms with Gasteiger partial charge in [-0.1, -0.05) is 27.5 Å². The van der Waals surface area contributed by atoms with Gasteiger partial charge in [-0.05, 0) is 55.0 Å². The smallest absolute Gasteiger partial charge is 0.203 e. The summed E-state index contributed by atoms with van der Waals surface area (Å²) in [5.74, 6) is 1.54. The van der Waals surface area contributed by atoms with Crippen LogP contribution in [-0.2, 0) is 4.74 Å². The summed E-state index contributed by atoms with van der Waals surface area (Å²) >= 11 is 9.27. The minimum absolute atomic E-state index is 0.285. The van der Waals surface area contributed by atoms with Crippen LogP contribution in [0.4, 0.5) is 0 Å². The van der Waals surface area contributed by atoms with Crippen LogP contribution in [0.2, 0.25) is 5.02 Å². The third kappa shape index (κ3) is 4.38. The van der Waals surface area contributed by atoms with E-state index in [4.69, 9.17) is 25.8 Å². The average Bonchev–Trinajstić information content (AvgIpc) is 2.52. The fourth-order valence-corrected chi connectivity index (χ4v) is 2.65. The lowest BCUT2D eigenvalue weighted by Crippen LogP contribution is -2.35. The van der Waals surface area contributed by atoms with E-state index in [-0.39, 0.29) is 12.6 Å². The van der Waals surface area contributed by atoms with Gasteiger partial charge in [0.15, 0.2) is 0 Å². The number of benzene rings is 2. The van der Waals surface area contributed by atoms with Gasteiger partial charge in [0.05, 0.1) is 0 Å². The van der Waals surface area contributed by atoms with Crippen molar-refractivity contribution < 1.29 is 14.2 Å². The summed E-state index contributed by atoms with van der Waals surface area (Å²) in [5.41, 5.74) is 0. The first kappa shape index (κ1) is 15.7. The SMILES string of the molecule is Clc1ccc(OC2CCCC(Oc3ccc(Br)cc3)O2)cc1. The van der Waals surface area contributed by atoms with E-state index in [1.807, 2.05) is 36.4 Å². The number of hydrogen-bond acceptors (Lipinski definition) is 3. The van der Waals surface area contributed by atoms with E-state index in [2.05, 4.69) is 15.9 Å². The second-order valence-electron chi connectivity index (χ2n) is 5.07. The van der Waals surface area contributed by atoms with Gasteiger partial charge in [-0.25, -0.2) is 0 Å². The molecule has 3 nitrogen and oxygen atoms in total. The third-order valence-corrected chi connectivity index (χ3v) is 4.13. The summed E-state index contributed by atoms with van der Waals surface area (Å²) in [5, 5.41) is 0.688. The Morgan fingerprint density at radius 1 is 0.864 bits per heavy atom. The first-order valence-electron chi connectivity index (χ1n) is 7.19. The lowest BCUT2D eigenvalue weighted by molar-refractivity contribution is -0.209. The van der Waals surface area contributed by atoms with Gasteiger partial charge in [0.2, 0.25) is 12.6 Å². The maximum atomic E-state index is 5.87. The van der Waals surface area contributed by atoms with Crippen LogP contribution in [0, 0.1) is 0 Å². The molecule has 0 saturated carbocycles. The maximum Gasteiger partial charge on any atom is 0.203 e. The summed E-state index contributed by atoms with van der Waals surface area (Å²) in [6.45, 7) is 0. The predicted molar refractivity (Wildman–Crippen MR) is 89.4 cm³/mol. The number of rotatable bonds is 4. The summed E-state index contributed by atoms with van der Waals surface area (Å²) in [7, 11) is 0. The summed E-state index contributed by atoms with van der Waals surface area (Å²) in [6, 6.07) is 15.0. The van der Waals surface area contributed by atoms with Crippen molar-refractivity contribution >= 4 is 27.5 Å². The average molecular weight is 384 g/mol. The van der Waals surface area contributed by atoms with Crippen LogP contribution in [0.3, 0.4) is 0 Å². The Hall–Kier alpha value is -1.23. The highest BCUT2D eigenvalue weighted by atomic mass is 79.9. The Kier molecular flexibility index (Phi) is 5.24. The second-order valence-corrected chi connectivity index (χ2v) is 6.42. The first-order chi connectivity index (χ1) is 10.7. The first-order valence-corrected chi connectivity index (χ1v) is 8.36. The van der Waals surface area contributed by atoms with E-state index in [0.717, 1.165) is 35.2 Å². The predicted octanol–water partition coefficient (Wildman–Crippen LogP) is 5.41. The highest BCUT2D eigenvalue weighted by Gasteiger charge is 2.25. The third-order valence-electron chi connectivity index (χ3n) is 3.35. The molecule has 0 radical (unpaired) electrons. The van der Waals surface area contributed by atoms with Gasteiger partial charge >= 0.3 is 0 Å². The molecule has 0 spiro atoms. The molecule has 2 aromatic carbocycles. The minimum Gasteiger partial charge on any atom is -0.465 e. The topological polar surface area (TPSA) is 27.7 Å². The molecule has 1 saturated heterocycles. The fourth-order valence-electron chi connectivity index (χ4n) is 2.26. The van der Waals surface area contributed by atoms with Gasteiger partial charge in [-0.3, -0.25) is 0 Å². The maximum absolute atomic E-state index is 5.87. The molecule has 0 aliphatic carbocycles. The molecule has 1 aliphatic heterocycles. The minimum atomic E-state index is -0.296. The largest absolute Gasteiger partial charge is 0.465 e. The molecule has 2 atom stereocenters. The van der Waals surface area contributed by atoms with Gasteiger partial charge < -0.3 is 14.2 Å². The van der Waals surface area contributed by atoms with Gasteiger partial charge in [-0.2, -0.15) is 0 Å². The molecular formula is C17H16BrClO3. The van der Waals surface area contributed by atoms with E-state index in [0.29, 0.717) is 5.02 Å². The van der Waals surface area contributed by atoms with Crippen molar-refractivity contribution in [1.29, 1.82) is 0 Å². The van der Waals surface area contributed by atoms with Crippen molar-refractivity contribution in [3.63, 3.8) is 0 Å². The molecule has 0 aromatic heterocycles. The molecule has 0 bridgehead atoms. The Morgan fingerprint density at radius 3 is 1.91 bits per heavy atom. The fraction of sp³-hybridized carbons (Fsp3) is 0.294. The zero-order valence-electron chi connectivity index (χ0n) is 11.9. The lowest BCUT2D eigenvalue weighted by atomic mass is 10.2. The van der Waals surface area contributed by atoms with E-state index in [1.54, 1.807) is 12.1 Å². The molecule has 22 heavy (non-hydrogen) atoms. The van der Waals surface area contributed by atoms with Crippen LogP contribution >= 0.6 is 27.5 Å². The van der Waals surface area contributed by atoms with Crippen LogP contribution in [0.15, 0.2) is 53.0 Å². The molecular weight excluding hydrogens is 368 g/mol. The Bertz CT molecular complexity index is 547. The van der Waals surface area contributed by atoms with Gasteiger partial charge in [0.1, 0.15) is 11.5 Å². The van der Waals surface area contributed by atoms with E-state index >= 15 is 0 Å². The summed E-state index contributed by atoms with van der Waals surface area (Å²) in [6.07, 6.45) is 2.13. The van der Waals surface area contributed by atoms with Crippen molar-refractivity contribution in [3.8, 4) is 11.5 Å². The van der Waals surface area contributed by atoms with E-state index in [1.165, 1.54) is 0 Å². The zero-order valence-corrected chi connectivity index (χ0v) is 14.2. The molecule has 2 unspecified atom stereocenters. The molecule has 0 N–H and O–H groups in total. The molecule has 1 fully saturated rings. The normalized spacial score (nSPS) is 21.4. The highest BCUT2D eigenvalue weighted by molar-refractivity contribution is 9.10. The van der Waals surface area contributed by atoms with Crippen LogP contribution in [0.25, 0.3) is 0 Å². The molecule has 5 heteroatoms. The quantitative estimate of drug-likeness (QED) is 0.706. The zero-order chi connectivity index (χ0) is 15.4. The van der Waals surface area contributed by atoms with Crippen molar-refractivity contribution in [2.24, 2.45) is 0 Å². The van der Waals surface area contributed by atoms with Crippen LogP contribution in [0.1, 0.15) is 19.3 Å². The van der Waals surface area contributed by atoms with Crippen molar-refractivity contribution in [3.05, 3.63) is 58.0 Å². The Morgan fingerprint density at radius 2 is 1.36 bits per heavy atom. The second kappa shape index (κ2) is 7.36. The highest BCUT2D eigenvalue weighted by Crippen LogP contribution is 2.26. The summed E-state index contributed by atoms with van der Waals surface area (Å²) < 4.78 is 18.6. The van der Waals surface area contributed by atoms with Crippen LogP contribution < -0.4 is 9.47 Å². The van der Waals surface area contributed by atoms with Gasteiger partial charge in [-0.15, -0.1) is 0 Å². The molecule has 3 rings (SSSR count). The van der Waals surface area contributed by atoms with Crippen molar-refractivity contribution in [2.45, 2.75) is 31.8 Å². The van der Waals surface area contributed by atoms with Gasteiger partial charge in [0.25, 0.3) is 0 Å². The Balaban J connectivity index is 1.56. The summed E-state index contributed by atoms with van der Waals surface area (Å²) in [4.78, 5) is 0. The van der Waals surface area contributed by atoms with E-state index in [9.17, 15) is 0 Å². The number of ether oxygens (including phenoxy) is 3. The van der Waals surface area contributed by atoms with Crippen molar-refractivity contribution in [1.82, 2.24) is 0 Å². The molecule has 2 aromatic rings. The lowest BCUT2D eigenvalue weighted by Gasteiger charge is -2.30. The number of halogens is 2. The molecule has 1 heterocycles. The van der Waals surface area contributed by atoms with Crippen molar-refractivity contribution in [2.75, 3.05) is 0 Å². The van der Waals surface area contributed by atoms with Crippen LogP contribution in [-0.4, -0.2) is 12.6 Å². The number of hydrogen-bond donors (Lipinski definition) is 0.